The smallest absolute Gasteiger partial charge is 0.135 e. The molecule has 1 aliphatic carbocycles. The first-order valence-electron chi connectivity index (χ1n) is 16.4. The minimum Gasteiger partial charge on any atom is -0.456 e. The Morgan fingerprint density at radius 3 is 1.59 bits per heavy atom. The number of furan rings is 1. The van der Waals surface area contributed by atoms with Gasteiger partial charge in [0.1, 0.15) is 11.2 Å². The maximum atomic E-state index is 6.34. The van der Waals surface area contributed by atoms with Gasteiger partial charge < -0.3 is 4.42 Å². The molecule has 9 rings (SSSR count). The van der Waals surface area contributed by atoms with E-state index >= 15 is 0 Å². The van der Waals surface area contributed by atoms with E-state index in [0.29, 0.717) is 0 Å². The highest BCUT2D eigenvalue weighted by Gasteiger charge is 2.35. The molecule has 222 valence electrons. The average molecular weight is 593 g/mol. The summed E-state index contributed by atoms with van der Waals surface area (Å²) in [6, 6.07) is 47.3. The van der Waals surface area contributed by atoms with E-state index in [1.165, 1.54) is 77.0 Å². The van der Waals surface area contributed by atoms with Gasteiger partial charge in [-0.2, -0.15) is 0 Å². The van der Waals surface area contributed by atoms with Gasteiger partial charge in [0.15, 0.2) is 0 Å². The fourth-order valence-corrected chi connectivity index (χ4v) is 8.01. The lowest BCUT2D eigenvalue weighted by Gasteiger charge is -2.23. The van der Waals surface area contributed by atoms with Crippen molar-refractivity contribution in [1.29, 1.82) is 0 Å². The van der Waals surface area contributed by atoms with Gasteiger partial charge in [-0.1, -0.05) is 132 Å². The van der Waals surface area contributed by atoms with Gasteiger partial charge in [-0.05, 0) is 107 Å². The Labute approximate surface area is 270 Å². The van der Waals surface area contributed by atoms with Crippen molar-refractivity contribution in [1.82, 2.24) is 0 Å². The summed E-state index contributed by atoms with van der Waals surface area (Å²) < 4.78 is 6.34. The number of fused-ring (bicyclic) bond motifs is 8. The summed E-state index contributed by atoms with van der Waals surface area (Å²) in [6.45, 7) is 11.5. The van der Waals surface area contributed by atoms with Gasteiger partial charge in [0.05, 0.1) is 0 Å². The Hall–Kier alpha value is -5.14. The fraction of sp³-hybridized carbons (Fsp3) is 0.156. The molecule has 46 heavy (non-hydrogen) atoms. The van der Waals surface area contributed by atoms with E-state index in [2.05, 4.69) is 162 Å². The minimum atomic E-state index is -0.0525. The van der Waals surface area contributed by atoms with Crippen molar-refractivity contribution >= 4 is 43.5 Å². The van der Waals surface area contributed by atoms with Crippen LogP contribution in [0.25, 0.3) is 76.9 Å². The first-order valence-corrected chi connectivity index (χ1v) is 16.4. The predicted octanol–water partition coefficient (Wildman–Crippen LogP) is 12.8. The molecule has 8 aromatic rings. The van der Waals surface area contributed by atoms with Crippen LogP contribution in [0.3, 0.4) is 0 Å². The van der Waals surface area contributed by atoms with Crippen LogP contribution in [0.15, 0.2) is 132 Å². The second-order valence-electron chi connectivity index (χ2n) is 14.5. The molecule has 0 aliphatic heterocycles. The van der Waals surface area contributed by atoms with E-state index < -0.39 is 0 Å². The van der Waals surface area contributed by atoms with E-state index in [-0.39, 0.29) is 10.8 Å². The van der Waals surface area contributed by atoms with E-state index in [9.17, 15) is 0 Å². The summed E-state index contributed by atoms with van der Waals surface area (Å²) in [7, 11) is 0. The van der Waals surface area contributed by atoms with Crippen LogP contribution in [-0.4, -0.2) is 0 Å². The Balaban J connectivity index is 1.31. The van der Waals surface area contributed by atoms with Crippen molar-refractivity contribution in [3.8, 4) is 33.4 Å². The van der Waals surface area contributed by atoms with Gasteiger partial charge in [-0.15, -0.1) is 0 Å². The molecule has 0 spiro atoms. The number of rotatable bonds is 2. The lowest BCUT2D eigenvalue weighted by Crippen LogP contribution is -2.14. The van der Waals surface area contributed by atoms with Gasteiger partial charge in [0.25, 0.3) is 0 Å². The fourth-order valence-electron chi connectivity index (χ4n) is 8.01. The largest absolute Gasteiger partial charge is 0.456 e. The van der Waals surface area contributed by atoms with Gasteiger partial charge in [-0.3, -0.25) is 0 Å². The summed E-state index contributed by atoms with van der Waals surface area (Å²) in [4.78, 5) is 0. The maximum Gasteiger partial charge on any atom is 0.135 e. The molecule has 1 nitrogen and oxygen atoms in total. The summed E-state index contributed by atoms with van der Waals surface area (Å²) in [5.41, 5.74) is 13.8. The third kappa shape index (κ3) is 3.81. The molecule has 1 aliphatic rings. The van der Waals surface area contributed by atoms with Crippen LogP contribution >= 0.6 is 0 Å². The van der Waals surface area contributed by atoms with Crippen LogP contribution in [0, 0.1) is 0 Å². The van der Waals surface area contributed by atoms with E-state index in [0.717, 1.165) is 16.6 Å². The highest BCUT2D eigenvalue weighted by atomic mass is 16.3. The lowest BCUT2D eigenvalue weighted by molar-refractivity contribution is 0.590. The molecule has 7 aromatic carbocycles. The molecular weight excluding hydrogens is 556 g/mol. The van der Waals surface area contributed by atoms with Crippen LogP contribution in [0.2, 0.25) is 0 Å². The first kappa shape index (κ1) is 27.2. The van der Waals surface area contributed by atoms with Crippen molar-refractivity contribution in [3.63, 3.8) is 0 Å². The van der Waals surface area contributed by atoms with E-state index in [1.54, 1.807) is 0 Å². The maximum absolute atomic E-state index is 6.34. The summed E-state index contributed by atoms with van der Waals surface area (Å²) >= 11 is 0. The highest BCUT2D eigenvalue weighted by molar-refractivity contribution is 6.22. The summed E-state index contributed by atoms with van der Waals surface area (Å²) in [5.74, 6) is 0. The second-order valence-corrected chi connectivity index (χ2v) is 14.5. The third-order valence-corrected chi connectivity index (χ3v) is 10.4. The molecule has 1 aromatic heterocycles. The SMILES string of the molecule is CC(C)(C)c1ccc2oc3ccc(-c4c5ccccc5c(-c5ccc6c(c5)C(C)(C)c5ccccc5-6)c5ccccc45)cc3c2c1. The molecule has 0 saturated carbocycles. The Kier molecular flexibility index (Phi) is 5.58. The lowest BCUT2D eigenvalue weighted by atomic mass is 9.80. The minimum absolute atomic E-state index is 0.0525. The highest BCUT2D eigenvalue weighted by Crippen LogP contribution is 2.51. The monoisotopic (exact) mass is 592 g/mol. The van der Waals surface area contributed by atoms with Gasteiger partial charge in [-0.25, -0.2) is 0 Å². The Morgan fingerprint density at radius 1 is 0.457 bits per heavy atom. The van der Waals surface area contributed by atoms with E-state index in [4.69, 9.17) is 4.42 Å². The van der Waals surface area contributed by atoms with Gasteiger partial charge >= 0.3 is 0 Å². The number of hydrogen-bond donors (Lipinski definition) is 0. The Morgan fingerprint density at radius 2 is 0.957 bits per heavy atom. The molecule has 0 unspecified atom stereocenters. The van der Waals surface area contributed by atoms with Crippen LogP contribution in [0.1, 0.15) is 51.3 Å². The normalized spacial score (nSPS) is 13.9. The average Bonchev–Trinajstić information content (AvgIpc) is 3.54. The van der Waals surface area contributed by atoms with Crippen LogP contribution in [-0.2, 0) is 10.8 Å². The molecular formula is C45H36O. The quantitative estimate of drug-likeness (QED) is 0.182. The molecule has 0 radical (unpaired) electrons. The van der Waals surface area contributed by atoms with Crippen LogP contribution in [0.4, 0.5) is 0 Å². The van der Waals surface area contributed by atoms with Gasteiger partial charge in [0, 0.05) is 16.2 Å². The zero-order valence-corrected chi connectivity index (χ0v) is 27.0. The molecule has 0 amide bonds. The predicted molar refractivity (Wildman–Crippen MR) is 196 cm³/mol. The topological polar surface area (TPSA) is 13.1 Å². The van der Waals surface area contributed by atoms with E-state index in [1.807, 2.05) is 0 Å². The number of hydrogen-bond acceptors (Lipinski definition) is 1. The molecule has 1 heterocycles. The number of benzene rings is 7. The van der Waals surface area contributed by atoms with Gasteiger partial charge in [0.2, 0.25) is 0 Å². The third-order valence-electron chi connectivity index (χ3n) is 10.4. The van der Waals surface area contributed by atoms with Crippen molar-refractivity contribution in [2.24, 2.45) is 0 Å². The van der Waals surface area contributed by atoms with Crippen molar-refractivity contribution in [2.75, 3.05) is 0 Å². The molecule has 0 N–H and O–H groups in total. The van der Waals surface area contributed by atoms with Crippen LogP contribution in [0.5, 0.6) is 0 Å². The standard InChI is InChI=1S/C45H36O/c1-44(2,3)29-20-23-41-37(26-29)36-24-27(19-22-40(36)46-41)42-32-13-6-8-15-34(32)43(35-16-9-7-14-33(35)42)28-18-21-31-30-12-10-11-17-38(30)45(4,5)39(31)25-28/h6-26H,1-5H3. The molecule has 0 bridgehead atoms. The molecule has 0 atom stereocenters. The molecule has 1 heteroatoms. The second kappa shape index (κ2) is 9.44. The molecule has 0 saturated heterocycles. The Bertz CT molecular complexity index is 2480. The zero-order valence-electron chi connectivity index (χ0n) is 27.0. The molecule has 0 fully saturated rings. The first-order chi connectivity index (χ1) is 22.2. The zero-order chi connectivity index (χ0) is 31.4. The van der Waals surface area contributed by atoms with Crippen molar-refractivity contribution in [3.05, 3.63) is 144 Å². The van der Waals surface area contributed by atoms with Crippen molar-refractivity contribution in [2.45, 2.75) is 45.4 Å². The summed E-state index contributed by atoms with van der Waals surface area (Å²) in [5, 5.41) is 7.42. The van der Waals surface area contributed by atoms with Crippen molar-refractivity contribution < 1.29 is 4.42 Å². The van der Waals surface area contributed by atoms with Crippen LogP contribution < -0.4 is 0 Å². The summed E-state index contributed by atoms with van der Waals surface area (Å²) in [6.07, 6.45) is 0.